The average molecular weight is 167 g/mol. The second kappa shape index (κ2) is 3.27. The number of aryl methyl sites for hydroxylation is 1. The first kappa shape index (κ1) is 9.26. The van der Waals surface area contributed by atoms with E-state index >= 15 is 0 Å². The van der Waals surface area contributed by atoms with Gasteiger partial charge in [0.25, 0.3) is 0 Å². The van der Waals surface area contributed by atoms with Crippen LogP contribution in [0.1, 0.15) is 19.5 Å². The molecule has 0 bridgehead atoms. The lowest BCUT2D eigenvalue weighted by Crippen LogP contribution is -2.29. The highest BCUT2D eigenvalue weighted by molar-refractivity contribution is 4.97. The summed E-state index contributed by atoms with van der Waals surface area (Å²) in [6, 6.07) is 2.01. The smallest absolute Gasteiger partial charge is 0.0492 e. The highest BCUT2D eigenvalue weighted by atomic mass is 15.3. The predicted octanol–water partition coefficient (Wildman–Crippen LogP) is 1.18. The van der Waals surface area contributed by atoms with Crippen molar-refractivity contribution in [3.05, 3.63) is 18.0 Å². The number of rotatable bonds is 3. The fourth-order valence-electron chi connectivity index (χ4n) is 1.03. The molecule has 3 heteroatoms. The molecule has 1 aromatic rings. The van der Waals surface area contributed by atoms with E-state index in [4.69, 9.17) is 5.73 Å². The van der Waals surface area contributed by atoms with Gasteiger partial charge in [0.1, 0.15) is 0 Å². The van der Waals surface area contributed by atoms with Crippen LogP contribution in [0.2, 0.25) is 0 Å². The maximum absolute atomic E-state index is 5.63. The number of nitrogens with two attached hydrogens (primary N) is 1. The van der Waals surface area contributed by atoms with Crippen LogP contribution >= 0.6 is 0 Å². The zero-order chi connectivity index (χ0) is 9.19. The first-order valence-corrected chi connectivity index (χ1v) is 4.24. The van der Waals surface area contributed by atoms with E-state index in [9.17, 15) is 0 Å². The summed E-state index contributed by atoms with van der Waals surface area (Å²) in [5.74, 6) is 0. The van der Waals surface area contributed by atoms with Gasteiger partial charge in [0.15, 0.2) is 0 Å². The molecule has 0 aromatic carbocycles. The fourth-order valence-corrected chi connectivity index (χ4v) is 1.03. The SMILES string of the molecule is Cc1ccnn1CC(C)(C)CN. The Balaban J connectivity index is 2.70. The Morgan fingerprint density at radius 3 is 2.67 bits per heavy atom. The number of nitrogens with zero attached hydrogens (tertiary/aromatic N) is 2. The lowest BCUT2D eigenvalue weighted by atomic mass is 9.94. The van der Waals surface area contributed by atoms with Crippen LogP contribution in [0, 0.1) is 12.3 Å². The van der Waals surface area contributed by atoms with Crippen LogP contribution in [-0.4, -0.2) is 16.3 Å². The average Bonchev–Trinajstić information content (AvgIpc) is 2.36. The molecule has 2 N–H and O–H groups in total. The fraction of sp³-hybridized carbons (Fsp3) is 0.667. The molecule has 0 spiro atoms. The van der Waals surface area contributed by atoms with Crippen molar-refractivity contribution < 1.29 is 0 Å². The molecule has 0 saturated heterocycles. The van der Waals surface area contributed by atoms with Gasteiger partial charge in [-0.3, -0.25) is 4.68 Å². The summed E-state index contributed by atoms with van der Waals surface area (Å²) in [5.41, 5.74) is 6.96. The van der Waals surface area contributed by atoms with E-state index in [0.717, 1.165) is 6.54 Å². The minimum Gasteiger partial charge on any atom is -0.330 e. The molecule has 0 aliphatic rings. The predicted molar refractivity (Wildman–Crippen MR) is 49.8 cm³/mol. The van der Waals surface area contributed by atoms with Crippen LogP contribution < -0.4 is 5.73 Å². The van der Waals surface area contributed by atoms with E-state index in [-0.39, 0.29) is 5.41 Å². The van der Waals surface area contributed by atoms with Gasteiger partial charge in [-0.2, -0.15) is 5.10 Å². The summed E-state index contributed by atoms with van der Waals surface area (Å²) in [4.78, 5) is 0. The van der Waals surface area contributed by atoms with E-state index in [2.05, 4.69) is 25.9 Å². The quantitative estimate of drug-likeness (QED) is 0.734. The third-order valence-corrected chi connectivity index (χ3v) is 2.06. The van der Waals surface area contributed by atoms with Crippen LogP contribution in [0.25, 0.3) is 0 Å². The zero-order valence-electron chi connectivity index (χ0n) is 8.04. The highest BCUT2D eigenvalue weighted by Gasteiger charge is 2.16. The van der Waals surface area contributed by atoms with Gasteiger partial charge in [0.2, 0.25) is 0 Å². The van der Waals surface area contributed by atoms with Crippen molar-refractivity contribution in [2.24, 2.45) is 11.1 Å². The van der Waals surface area contributed by atoms with Crippen molar-refractivity contribution in [1.29, 1.82) is 0 Å². The van der Waals surface area contributed by atoms with E-state index in [1.807, 2.05) is 16.9 Å². The third-order valence-electron chi connectivity index (χ3n) is 2.06. The molecule has 68 valence electrons. The molecular weight excluding hydrogens is 150 g/mol. The second-order valence-corrected chi connectivity index (χ2v) is 4.00. The lowest BCUT2D eigenvalue weighted by molar-refractivity contribution is 0.298. The molecular formula is C9H17N3. The Labute approximate surface area is 73.6 Å². The summed E-state index contributed by atoms with van der Waals surface area (Å²) in [5, 5.41) is 4.21. The molecule has 0 amide bonds. The second-order valence-electron chi connectivity index (χ2n) is 4.00. The van der Waals surface area contributed by atoms with Crippen molar-refractivity contribution in [3.8, 4) is 0 Å². The molecule has 0 aliphatic heterocycles. The minimum atomic E-state index is 0.136. The van der Waals surface area contributed by atoms with Crippen LogP contribution in [0.3, 0.4) is 0 Å². The van der Waals surface area contributed by atoms with Gasteiger partial charge in [-0.25, -0.2) is 0 Å². The lowest BCUT2D eigenvalue weighted by Gasteiger charge is -2.22. The Kier molecular flexibility index (Phi) is 2.52. The number of aromatic nitrogens is 2. The van der Waals surface area contributed by atoms with E-state index in [0.29, 0.717) is 6.54 Å². The molecule has 1 rings (SSSR count). The van der Waals surface area contributed by atoms with Gasteiger partial charge >= 0.3 is 0 Å². The van der Waals surface area contributed by atoms with Gasteiger partial charge in [-0.15, -0.1) is 0 Å². The van der Waals surface area contributed by atoms with Crippen LogP contribution in [0.4, 0.5) is 0 Å². The summed E-state index contributed by atoms with van der Waals surface area (Å²) in [6.45, 7) is 7.93. The van der Waals surface area contributed by atoms with Crippen molar-refractivity contribution in [1.82, 2.24) is 9.78 Å². The molecule has 12 heavy (non-hydrogen) atoms. The molecule has 0 fully saturated rings. The zero-order valence-corrected chi connectivity index (χ0v) is 8.04. The number of hydrogen-bond donors (Lipinski definition) is 1. The molecule has 1 aromatic heterocycles. The molecule has 0 aliphatic carbocycles. The largest absolute Gasteiger partial charge is 0.330 e. The van der Waals surface area contributed by atoms with Crippen LogP contribution in [0.5, 0.6) is 0 Å². The molecule has 0 atom stereocenters. The normalized spacial score (nSPS) is 12.0. The minimum absolute atomic E-state index is 0.136. The Morgan fingerprint density at radius 2 is 2.25 bits per heavy atom. The van der Waals surface area contributed by atoms with Crippen molar-refractivity contribution in [2.45, 2.75) is 27.3 Å². The first-order chi connectivity index (χ1) is 5.55. The summed E-state index contributed by atoms with van der Waals surface area (Å²) < 4.78 is 1.99. The summed E-state index contributed by atoms with van der Waals surface area (Å²) in [7, 11) is 0. The third kappa shape index (κ3) is 2.08. The first-order valence-electron chi connectivity index (χ1n) is 4.24. The van der Waals surface area contributed by atoms with Gasteiger partial charge in [0.05, 0.1) is 0 Å². The van der Waals surface area contributed by atoms with Crippen molar-refractivity contribution >= 4 is 0 Å². The standard InChI is InChI=1S/C9H17N3/c1-8-4-5-11-12(8)7-9(2,3)6-10/h4-5H,6-7,10H2,1-3H3. The topological polar surface area (TPSA) is 43.8 Å². The Bertz CT molecular complexity index is 250. The monoisotopic (exact) mass is 167 g/mol. The van der Waals surface area contributed by atoms with Crippen molar-refractivity contribution in [2.75, 3.05) is 6.54 Å². The maximum Gasteiger partial charge on any atom is 0.0492 e. The number of hydrogen-bond acceptors (Lipinski definition) is 2. The van der Waals surface area contributed by atoms with Gasteiger partial charge < -0.3 is 5.73 Å². The van der Waals surface area contributed by atoms with Crippen molar-refractivity contribution in [3.63, 3.8) is 0 Å². The van der Waals surface area contributed by atoms with E-state index in [1.54, 1.807) is 0 Å². The van der Waals surface area contributed by atoms with Gasteiger partial charge in [-0.05, 0) is 24.9 Å². The molecule has 0 saturated carbocycles. The Morgan fingerprint density at radius 1 is 1.58 bits per heavy atom. The van der Waals surface area contributed by atoms with Gasteiger partial charge in [-0.1, -0.05) is 13.8 Å². The highest BCUT2D eigenvalue weighted by Crippen LogP contribution is 2.16. The van der Waals surface area contributed by atoms with E-state index in [1.165, 1.54) is 5.69 Å². The molecule has 0 radical (unpaired) electrons. The molecule has 0 unspecified atom stereocenters. The van der Waals surface area contributed by atoms with Crippen LogP contribution in [-0.2, 0) is 6.54 Å². The molecule has 3 nitrogen and oxygen atoms in total. The van der Waals surface area contributed by atoms with Gasteiger partial charge in [0, 0.05) is 18.4 Å². The van der Waals surface area contributed by atoms with Crippen LogP contribution in [0.15, 0.2) is 12.3 Å². The Hall–Kier alpha value is -0.830. The maximum atomic E-state index is 5.63. The summed E-state index contributed by atoms with van der Waals surface area (Å²) in [6.07, 6.45) is 1.82. The summed E-state index contributed by atoms with van der Waals surface area (Å²) >= 11 is 0. The van der Waals surface area contributed by atoms with E-state index < -0.39 is 0 Å². The molecule has 1 heterocycles.